The largest absolute Gasteiger partial charge is 0.497 e. The lowest BCUT2D eigenvalue weighted by Crippen LogP contribution is -2.53. The van der Waals surface area contributed by atoms with Crippen LogP contribution < -0.4 is 4.74 Å². The first-order valence-electron chi connectivity index (χ1n) is 13.9. The zero-order valence-electron chi connectivity index (χ0n) is 24.1. The Bertz CT molecular complexity index is 1250. The molecular formula is C31H37F6N3O2. The van der Waals surface area contributed by atoms with Gasteiger partial charge in [-0.25, -0.2) is 0 Å². The maximum Gasteiger partial charge on any atom is 0.416 e. The average molecular weight is 598 g/mol. The smallest absolute Gasteiger partial charge is 0.416 e. The van der Waals surface area contributed by atoms with E-state index in [2.05, 4.69) is 40.4 Å². The van der Waals surface area contributed by atoms with Crippen molar-refractivity contribution in [3.63, 3.8) is 0 Å². The first-order valence-corrected chi connectivity index (χ1v) is 13.9. The topological polar surface area (TPSA) is 28.2 Å². The van der Waals surface area contributed by atoms with Crippen molar-refractivity contribution in [3.8, 4) is 17.6 Å². The number of hydrogen-bond donors (Lipinski definition) is 0. The summed E-state index contributed by atoms with van der Waals surface area (Å²) < 4.78 is 90.6. The van der Waals surface area contributed by atoms with Gasteiger partial charge < -0.3 is 9.47 Å². The number of morpholine rings is 1. The number of hydrogen-bond acceptors (Lipinski definition) is 5. The van der Waals surface area contributed by atoms with Gasteiger partial charge in [0.25, 0.3) is 0 Å². The minimum atomic E-state index is -4.52. The molecule has 0 amide bonds. The summed E-state index contributed by atoms with van der Waals surface area (Å²) in [6.07, 6.45) is -8.50. The van der Waals surface area contributed by atoms with Gasteiger partial charge in [0, 0.05) is 44.3 Å². The van der Waals surface area contributed by atoms with Gasteiger partial charge in [-0.3, -0.25) is 14.7 Å². The minimum Gasteiger partial charge on any atom is -0.497 e. The van der Waals surface area contributed by atoms with Gasteiger partial charge in [0.05, 0.1) is 44.5 Å². The number of benzene rings is 2. The molecule has 0 aliphatic carbocycles. The van der Waals surface area contributed by atoms with Crippen molar-refractivity contribution < 1.29 is 35.8 Å². The normalized spacial score (nSPS) is 20.6. The van der Waals surface area contributed by atoms with Crippen molar-refractivity contribution in [3.05, 3.63) is 64.7 Å². The molecule has 0 N–H and O–H groups in total. The van der Waals surface area contributed by atoms with E-state index in [1.807, 2.05) is 0 Å². The van der Waals surface area contributed by atoms with Crippen molar-refractivity contribution in [2.24, 2.45) is 0 Å². The van der Waals surface area contributed by atoms with E-state index in [4.69, 9.17) is 9.47 Å². The summed E-state index contributed by atoms with van der Waals surface area (Å²) in [7, 11) is 1.33. The molecule has 2 aliphatic rings. The van der Waals surface area contributed by atoms with Crippen LogP contribution in [0.2, 0.25) is 0 Å². The first-order chi connectivity index (χ1) is 19.7. The molecule has 1 unspecified atom stereocenters. The lowest BCUT2D eigenvalue weighted by Gasteiger charge is -2.41. The Balaban J connectivity index is 1.49. The minimum absolute atomic E-state index is 0.0859. The zero-order chi connectivity index (χ0) is 30.5. The predicted octanol–water partition coefficient (Wildman–Crippen LogP) is 5.58. The Morgan fingerprint density at radius 3 is 2.21 bits per heavy atom. The Kier molecular flexibility index (Phi) is 10.1. The highest BCUT2D eigenvalue weighted by atomic mass is 19.4. The summed E-state index contributed by atoms with van der Waals surface area (Å²) in [5, 5.41) is 0. The quantitative estimate of drug-likeness (QED) is 0.307. The Morgan fingerprint density at radius 1 is 0.881 bits per heavy atom. The molecule has 0 bridgehead atoms. The van der Waals surface area contributed by atoms with Crippen molar-refractivity contribution in [1.29, 1.82) is 0 Å². The Hall–Kier alpha value is -2.78. The van der Waals surface area contributed by atoms with E-state index < -0.39 is 23.5 Å². The van der Waals surface area contributed by atoms with Crippen LogP contribution in [-0.4, -0.2) is 85.9 Å². The highest BCUT2D eigenvalue weighted by Crippen LogP contribution is 2.34. The van der Waals surface area contributed by atoms with Crippen LogP contribution >= 0.6 is 0 Å². The van der Waals surface area contributed by atoms with E-state index in [1.54, 1.807) is 6.07 Å². The van der Waals surface area contributed by atoms with Crippen molar-refractivity contribution in [2.45, 2.75) is 50.7 Å². The van der Waals surface area contributed by atoms with E-state index >= 15 is 0 Å². The van der Waals surface area contributed by atoms with E-state index in [0.717, 1.165) is 36.4 Å². The second-order valence-corrected chi connectivity index (χ2v) is 11.5. The van der Waals surface area contributed by atoms with Gasteiger partial charge in [-0.1, -0.05) is 24.0 Å². The third kappa shape index (κ3) is 8.63. The molecule has 2 aliphatic heterocycles. The van der Waals surface area contributed by atoms with Crippen LogP contribution in [0.15, 0.2) is 42.5 Å². The maximum absolute atomic E-state index is 13.5. The number of rotatable bonds is 7. The molecular weight excluding hydrogens is 560 g/mol. The van der Waals surface area contributed by atoms with Crippen LogP contribution in [0.3, 0.4) is 0 Å². The molecule has 2 aromatic carbocycles. The van der Waals surface area contributed by atoms with Gasteiger partial charge in [0.15, 0.2) is 0 Å². The fraction of sp³-hybridized carbons (Fsp3) is 0.548. The van der Waals surface area contributed by atoms with Crippen LogP contribution in [0.1, 0.15) is 36.1 Å². The molecule has 2 aromatic rings. The lowest BCUT2D eigenvalue weighted by molar-refractivity contribution is -0.138. The molecule has 230 valence electrons. The van der Waals surface area contributed by atoms with Gasteiger partial charge >= 0.3 is 12.4 Å². The van der Waals surface area contributed by atoms with Crippen LogP contribution in [0.25, 0.3) is 0 Å². The van der Waals surface area contributed by atoms with E-state index in [9.17, 15) is 26.3 Å². The van der Waals surface area contributed by atoms with E-state index in [-0.39, 0.29) is 23.9 Å². The first kappa shape index (κ1) is 32.1. The molecule has 1 atom stereocenters. The summed E-state index contributed by atoms with van der Waals surface area (Å²) >= 11 is 0. The van der Waals surface area contributed by atoms with Gasteiger partial charge in [0.1, 0.15) is 5.75 Å². The molecule has 11 heteroatoms. The van der Waals surface area contributed by atoms with Crippen LogP contribution in [0, 0.1) is 11.8 Å². The van der Waals surface area contributed by atoms with Crippen LogP contribution in [-0.2, 0) is 30.1 Å². The Morgan fingerprint density at radius 2 is 1.57 bits per heavy atom. The number of halogens is 6. The molecule has 2 fully saturated rings. The van der Waals surface area contributed by atoms with Gasteiger partial charge in [-0.2, -0.15) is 26.3 Å². The molecule has 2 saturated heterocycles. The number of methoxy groups -OCH3 is 1. The summed E-state index contributed by atoms with van der Waals surface area (Å²) in [6, 6.07) is 8.62. The van der Waals surface area contributed by atoms with Gasteiger partial charge in [0.2, 0.25) is 0 Å². The van der Waals surface area contributed by atoms with Crippen molar-refractivity contribution >= 4 is 0 Å². The van der Waals surface area contributed by atoms with Gasteiger partial charge in [-0.15, -0.1) is 0 Å². The van der Waals surface area contributed by atoms with Crippen LogP contribution in [0.5, 0.6) is 5.75 Å². The number of nitrogens with zero attached hydrogens (tertiary/aromatic N) is 3. The van der Waals surface area contributed by atoms with Crippen LogP contribution in [0.4, 0.5) is 26.3 Å². The summed E-state index contributed by atoms with van der Waals surface area (Å²) in [5.74, 6) is 6.65. The highest BCUT2D eigenvalue weighted by molar-refractivity contribution is 5.36. The monoisotopic (exact) mass is 597 g/mol. The predicted molar refractivity (Wildman–Crippen MR) is 148 cm³/mol. The van der Waals surface area contributed by atoms with Crippen molar-refractivity contribution in [1.82, 2.24) is 14.7 Å². The number of piperazine rings is 1. The summed E-state index contributed by atoms with van der Waals surface area (Å²) in [6.45, 7) is 9.61. The average Bonchev–Trinajstić information content (AvgIpc) is 2.92. The van der Waals surface area contributed by atoms with E-state index in [0.29, 0.717) is 57.9 Å². The fourth-order valence-electron chi connectivity index (χ4n) is 5.38. The molecule has 5 nitrogen and oxygen atoms in total. The zero-order valence-corrected chi connectivity index (χ0v) is 24.1. The summed E-state index contributed by atoms with van der Waals surface area (Å²) in [5.41, 5.74) is -0.406. The highest BCUT2D eigenvalue weighted by Gasteiger charge is 2.34. The number of ether oxygens (including phenoxy) is 2. The molecule has 0 spiro atoms. The SMILES string of the molecule is COc1cc(CN2CCN(CC#CCN3CCOCC3(C)C)CC2Cc2ccc(C(F)(F)F)cc2)cc(C(F)(F)F)c1. The fourth-order valence-corrected chi connectivity index (χ4v) is 5.38. The molecule has 0 saturated carbocycles. The second kappa shape index (κ2) is 13.2. The molecule has 4 rings (SSSR count). The van der Waals surface area contributed by atoms with Crippen molar-refractivity contribution in [2.75, 3.05) is 59.6 Å². The molecule has 2 heterocycles. The standard InChI is InChI=1S/C31H37F6N3O2/c1-29(2)22-42-15-14-40(29)11-5-4-10-38-12-13-39(20-24-16-26(31(35,36)37)19-28(18-24)41-3)27(21-38)17-23-6-8-25(9-7-23)30(32,33)34/h6-9,16,18-19,27H,10-15,17,20-22H2,1-3H3. The third-order valence-corrected chi connectivity index (χ3v) is 7.87. The molecule has 0 aromatic heterocycles. The second-order valence-electron chi connectivity index (χ2n) is 11.5. The Labute approximate surface area is 243 Å². The maximum atomic E-state index is 13.5. The van der Waals surface area contributed by atoms with Gasteiger partial charge in [-0.05, 0) is 61.7 Å². The third-order valence-electron chi connectivity index (χ3n) is 7.87. The lowest BCUT2D eigenvalue weighted by atomic mass is 9.99. The van der Waals surface area contributed by atoms with E-state index in [1.165, 1.54) is 19.2 Å². The molecule has 42 heavy (non-hydrogen) atoms. The summed E-state index contributed by atoms with van der Waals surface area (Å²) in [4.78, 5) is 6.57. The number of alkyl halides is 6. The molecule has 0 radical (unpaired) electrons.